The molecule has 6 aromatic rings. The highest BCUT2D eigenvalue weighted by Gasteiger charge is 2.18. The van der Waals surface area contributed by atoms with Gasteiger partial charge in [-0.05, 0) is 115 Å². The van der Waals surface area contributed by atoms with Crippen LogP contribution in [0, 0.1) is 27.4 Å². The van der Waals surface area contributed by atoms with Gasteiger partial charge in [-0.2, -0.15) is 0 Å². The molecule has 0 aliphatic heterocycles. The van der Waals surface area contributed by atoms with Crippen LogP contribution in [0.25, 0.3) is 55.6 Å². The molecule has 1 fully saturated rings. The maximum atomic E-state index is 8.89. The van der Waals surface area contributed by atoms with Crippen molar-refractivity contribution in [3.05, 3.63) is 107 Å². The summed E-state index contributed by atoms with van der Waals surface area (Å²) in [5.41, 5.74) is 1.43. The number of hydrogen-bond acceptors (Lipinski definition) is 3. The number of furan rings is 1. The van der Waals surface area contributed by atoms with Crippen LogP contribution in [0.3, 0.4) is 0 Å². The summed E-state index contributed by atoms with van der Waals surface area (Å²) in [6.45, 7) is -10.8. The van der Waals surface area contributed by atoms with E-state index in [0.29, 0.717) is 27.5 Å². The summed E-state index contributed by atoms with van der Waals surface area (Å²) in [5, 5.41) is 1.14. The van der Waals surface area contributed by atoms with Crippen molar-refractivity contribution in [2.24, 2.45) is 0 Å². The van der Waals surface area contributed by atoms with Gasteiger partial charge in [-0.15, -0.1) is 0 Å². The molecule has 0 spiro atoms. The van der Waals surface area contributed by atoms with E-state index >= 15 is 0 Å². The number of benzene rings is 3. The Hall–Kier alpha value is -4.24. The molecule has 0 unspecified atom stereocenters. The minimum Gasteiger partial charge on any atom is -0.437 e. The smallest absolute Gasteiger partial charge is 0.227 e. The third-order valence-electron chi connectivity index (χ3n) is 7.80. The van der Waals surface area contributed by atoms with Crippen molar-refractivity contribution in [1.82, 2.24) is 9.97 Å². The van der Waals surface area contributed by atoms with Crippen molar-refractivity contribution in [2.75, 3.05) is 0 Å². The molecule has 3 aromatic carbocycles. The van der Waals surface area contributed by atoms with E-state index < -0.39 is 33.3 Å². The number of nitrogens with zero attached hydrogens (tertiary/aromatic N) is 2. The summed E-state index contributed by atoms with van der Waals surface area (Å²) < 4.78 is 114. The van der Waals surface area contributed by atoms with Crippen molar-refractivity contribution in [1.29, 1.82) is 0 Å². The monoisotopic (exact) mass is 535 g/mol. The molecule has 198 valence electrons. The number of fused-ring (bicyclic) bond motifs is 3. The fourth-order valence-corrected chi connectivity index (χ4v) is 5.74. The SMILES string of the molecule is [2H]C([2H])([2H])c1ccc2c(n1)oc1c(-c3cc(-c4cc(C([2H])([2H])[2H])c(-c5ccc(C6([2H])CCCC6)cc5)cc4C([2H])([2H])[2H])c(C([2H])([2H])[2H])cn3)cccc12. The van der Waals surface area contributed by atoms with Crippen molar-refractivity contribution >= 4 is 22.1 Å². The first-order valence-electron chi connectivity index (χ1n) is 19.8. The summed E-state index contributed by atoms with van der Waals surface area (Å²) in [7, 11) is 0. The van der Waals surface area contributed by atoms with Gasteiger partial charge in [0.05, 0.1) is 5.69 Å². The van der Waals surface area contributed by atoms with Crippen LogP contribution in [0.4, 0.5) is 0 Å². The van der Waals surface area contributed by atoms with Gasteiger partial charge in [-0.3, -0.25) is 4.98 Å². The van der Waals surface area contributed by atoms with Crippen LogP contribution in [-0.4, -0.2) is 9.97 Å². The summed E-state index contributed by atoms with van der Waals surface area (Å²) in [4.78, 5) is 8.67. The third kappa shape index (κ3) is 4.21. The van der Waals surface area contributed by atoms with E-state index in [-0.39, 0.29) is 50.5 Å². The quantitative estimate of drug-likeness (QED) is 0.225. The molecule has 3 heteroatoms. The zero-order valence-corrected chi connectivity index (χ0v) is 21.6. The minimum absolute atomic E-state index is 0.0400. The first-order chi connectivity index (χ1) is 24.6. The average Bonchev–Trinajstić information content (AvgIpc) is 3.70. The molecule has 0 radical (unpaired) electrons. The van der Waals surface area contributed by atoms with Crippen LogP contribution in [0.1, 0.15) is 77.3 Å². The van der Waals surface area contributed by atoms with Crippen LogP contribution in [-0.2, 0) is 0 Å². The van der Waals surface area contributed by atoms with E-state index in [9.17, 15) is 0 Å². The van der Waals surface area contributed by atoms with E-state index in [0.717, 1.165) is 37.4 Å². The molecule has 0 bridgehead atoms. The number of aromatic nitrogens is 2. The lowest BCUT2D eigenvalue weighted by atomic mass is 9.89. The van der Waals surface area contributed by atoms with E-state index in [4.69, 9.17) is 22.2 Å². The standard InChI is InChI=1S/C37H34N2O/c1-22-19-33(23(2)18-32(22)28-15-13-27(14-16-28)26-8-5-6-9-26)34-20-35(38-21-24(34)3)31-11-7-10-29-30-17-12-25(4)39-37(30)40-36(29)31/h7,10-21,26H,5-6,8-9H2,1-4H3/i1D3,2D3,3D3,4D3,26D. The summed E-state index contributed by atoms with van der Waals surface area (Å²) in [5.74, 6) is -0.728. The predicted octanol–water partition coefficient (Wildman–Crippen LogP) is 10.3. The normalized spacial score (nSPS) is 20.9. The lowest BCUT2D eigenvalue weighted by Crippen LogP contribution is -1.95. The first kappa shape index (κ1) is 14.4. The van der Waals surface area contributed by atoms with Gasteiger partial charge < -0.3 is 4.42 Å². The van der Waals surface area contributed by atoms with Crippen LogP contribution in [0.15, 0.2) is 83.4 Å². The van der Waals surface area contributed by atoms with Gasteiger partial charge in [0.2, 0.25) is 5.71 Å². The Kier molecular flexibility index (Phi) is 3.51. The molecule has 0 N–H and O–H groups in total. The Bertz CT molecular complexity index is 2360. The molecule has 3 aromatic heterocycles. The Balaban J connectivity index is 1.45. The topological polar surface area (TPSA) is 38.9 Å². The summed E-state index contributed by atoms with van der Waals surface area (Å²) >= 11 is 0. The number of rotatable bonds is 4. The molecule has 1 saturated carbocycles. The van der Waals surface area contributed by atoms with Gasteiger partial charge in [-0.1, -0.05) is 61.4 Å². The van der Waals surface area contributed by atoms with Crippen LogP contribution in [0.2, 0.25) is 0 Å². The number of hydrogen-bond donors (Lipinski definition) is 0. The maximum absolute atomic E-state index is 8.89. The number of aryl methyl sites for hydroxylation is 4. The Labute approximate surface area is 254 Å². The van der Waals surface area contributed by atoms with Crippen molar-refractivity contribution in [3.8, 4) is 33.5 Å². The van der Waals surface area contributed by atoms with Crippen molar-refractivity contribution in [2.45, 2.75) is 59.0 Å². The zero-order valence-electron chi connectivity index (χ0n) is 34.6. The fraction of sp³-hybridized carbons (Fsp3) is 0.243. The molecule has 0 amide bonds. The predicted molar refractivity (Wildman–Crippen MR) is 166 cm³/mol. The molecule has 0 atom stereocenters. The molecule has 7 rings (SSSR count). The molecule has 1 aliphatic rings. The summed E-state index contributed by atoms with van der Waals surface area (Å²) in [6.07, 6.45) is 4.47. The largest absolute Gasteiger partial charge is 0.437 e. The van der Waals surface area contributed by atoms with Gasteiger partial charge in [0, 0.05) is 46.0 Å². The Morgan fingerprint density at radius 1 is 0.750 bits per heavy atom. The van der Waals surface area contributed by atoms with Gasteiger partial charge in [0.15, 0.2) is 0 Å². The summed E-state index contributed by atoms with van der Waals surface area (Å²) in [6, 6.07) is 19.1. The Morgan fingerprint density at radius 3 is 2.33 bits per heavy atom. The fourth-order valence-electron chi connectivity index (χ4n) is 5.74. The van der Waals surface area contributed by atoms with E-state index in [2.05, 4.69) is 9.97 Å². The maximum Gasteiger partial charge on any atom is 0.227 e. The molecule has 0 saturated heterocycles. The zero-order chi connectivity index (χ0) is 38.3. The molecule has 3 nitrogen and oxygen atoms in total. The minimum atomic E-state index is -2.80. The molecular formula is C37H34N2O. The highest BCUT2D eigenvalue weighted by Crippen LogP contribution is 2.39. The second-order valence-corrected chi connectivity index (χ2v) is 10.3. The average molecular weight is 536 g/mol. The van der Waals surface area contributed by atoms with Crippen LogP contribution >= 0.6 is 0 Å². The van der Waals surface area contributed by atoms with Crippen molar-refractivity contribution in [3.63, 3.8) is 0 Å². The first-order valence-corrected chi connectivity index (χ1v) is 13.3. The van der Waals surface area contributed by atoms with E-state index in [1.807, 2.05) is 0 Å². The highest BCUT2D eigenvalue weighted by molar-refractivity contribution is 6.08. The number of pyridine rings is 2. The van der Waals surface area contributed by atoms with Crippen molar-refractivity contribution < 1.29 is 22.2 Å². The third-order valence-corrected chi connectivity index (χ3v) is 7.80. The highest BCUT2D eigenvalue weighted by atomic mass is 16.3. The van der Waals surface area contributed by atoms with Crippen LogP contribution in [0.5, 0.6) is 0 Å². The van der Waals surface area contributed by atoms with E-state index in [1.54, 1.807) is 48.5 Å². The lowest BCUT2D eigenvalue weighted by Gasteiger charge is -2.16. The van der Waals surface area contributed by atoms with Gasteiger partial charge in [0.1, 0.15) is 5.58 Å². The number of para-hydroxylation sites is 1. The second-order valence-electron chi connectivity index (χ2n) is 10.3. The second kappa shape index (κ2) is 9.75. The molecule has 40 heavy (non-hydrogen) atoms. The van der Waals surface area contributed by atoms with Gasteiger partial charge >= 0.3 is 0 Å². The Morgan fingerprint density at radius 2 is 1.52 bits per heavy atom. The molecule has 3 heterocycles. The van der Waals surface area contributed by atoms with Gasteiger partial charge in [0.25, 0.3) is 0 Å². The molecule has 1 aliphatic carbocycles. The molecular weight excluding hydrogens is 488 g/mol. The van der Waals surface area contributed by atoms with Crippen LogP contribution < -0.4 is 0 Å². The van der Waals surface area contributed by atoms with E-state index in [1.165, 1.54) is 24.3 Å². The van der Waals surface area contributed by atoms with Gasteiger partial charge in [-0.25, -0.2) is 4.98 Å². The lowest BCUT2D eigenvalue weighted by molar-refractivity contribution is 0.653.